The standard InChI is InChI=1S/C16H15Cl2F2N/c1-9(11-4-3-5-12(19)8-11)21-10(2)15-13(17)6-7-14(20)16(15)18/h3-10,21H,1-2H3/t9-,10?/m1/s1. The molecule has 0 aliphatic heterocycles. The molecule has 0 aliphatic rings. The van der Waals surface area contributed by atoms with Crippen LogP contribution in [-0.4, -0.2) is 0 Å². The van der Waals surface area contributed by atoms with Crippen LogP contribution in [0, 0.1) is 11.6 Å². The quantitative estimate of drug-likeness (QED) is 0.711. The van der Waals surface area contributed by atoms with Gasteiger partial charge in [-0.3, -0.25) is 0 Å². The van der Waals surface area contributed by atoms with Crippen molar-refractivity contribution in [2.45, 2.75) is 25.9 Å². The molecule has 0 saturated carbocycles. The number of benzene rings is 2. The Hall–Kier alpha value is -1.16. The topological polar surface area (TPSA) is 12.0 Å². The third-order valence-corrected chi connectivity index (χ3v) is 4.07. The molecule has 2 atom stereocenters. The molecule has 2 aromatic rings. The van der Waals surface area contributed by atoms with Gasteiger partial charge in [-0.15, -0.1) is 0 Å². The zero-order valence-electron chi connectivity index (χ0n) is 11.6. The Morgan fingerprint density at radius 3 is 2.38 bits per heavy atom. The lowest BCUT2D eigenvalue weighted by Crippen LogP contribution is -2.23. The molecular weight excluding hydrogens is 315 g/mol. The second-order valence-electron chi connectivity index (χ2n) is 4.92. The van der Waals surface area contributed by atoms with Crippen molar-refractivity contribution in [1.82, 2.24) is 5.32 Å². The van der Waals surface area contributed by atoms with Crippen molar-refractivity contribution in [3.63, 3.8) is 0 Å². The highest BCUT2D eigenvalue weighted by molar-refractivity contribution is 6.36. The van der Waals surface area contributed by atoms with E-state index in [1.54, 1.807) is 6.07 Å². The number of halogens is 4. The summed E-state index contributed by atoms with van der Waals surface area (Å²) in [5.74, 6) is -0.807. The summed E-state index contributed by atoms with van der Waals surface area (Å²) in [5, 5.41) is 3.65. The van der Waals surface area contributed by atoms with E-state index in [1.165, 1.54) is 24.3 Å². The molecular formula is C16H15Cl2F2N. The maximum absolute atomic E-state index is 13.6. The first-order chi connectivity index (χ1) is 9.90. The van der Waals surface area contributed by atoms with Gasteiger partial charge in [0.1, 0.15) is 11.6 Å². The van der Waals surface area contributed by atoms with Gasteiger partial charge in [0, 0.05) is 22.7 Å². The summed E-state index contributed by atoms with van der Waals surface area (Å²) in [7, 11) is 0. The van der Waals surface area contributed by atoms with E-state index in [1.807, 2.05) is 19.9 Å². The molecule has 1 N–H and O–H groups in total. The molecule has 0 amide bonds. The van der Waals surface area contributed by atoms with Gasteiger partial charge >= 0.3 is 0 Å². The highest BCUT2D eigenvalue weighted by atomic mass is 35.5. The Labute approximate surface area is 132 Å². The lowest BCUT2D eigenvalue weighted by Gasteiger charge is -2.22. The number of hydrogen-bond acceptors (Lipinski definition) is 1. The predicted octanol–water partition coefficient (Wildman–Crippen LogP) is 5.68. The van der Waals surface area contributed by atoms with Gasteiger partial charge in [-0.1, -0.05) is 35.3 Å². The van der Waals surface area contributed by atoms with Gasteiger partial charge in [0.2, 0.25) is 0 Å². The molecule has 0 aliphatic carbocycles. The fourth-order valence-electron chi connectivity index (χ4n) is 2.27. The Balaban J connectivity index is 2.22. The maximum Gasteiger partial charge on any atom is 0.142 e. The smallest absolute Gasteiger partial charge is 0.142 e. The minimum atomic E-state index is -0.511. The third kappa shape index (κ3) is 3.73. The van der Waals surface area contributed by atoms with Crippen molar-refractivity contribution < 1.29 is 8.78 Å². The molecule has 0 bridgehead atoms. The van der Waals surface area contributed by atoms with Crippen LogP contribution in [-0.2, 0) is 0 Å². The van der Waals surface area contributed by atoms with Crippen molar-refractivity contribution in [2.75, 3.05) is 0 Å². The van der Waals surface area contributed by atoms with Gasteiger partial charge in [-0.2, -0.15) is 0 Å². The Bertz CT molecular complexity index is 646. The van der Waals surface area contributed by atoms with E-state index >= 15 is 0 Å². The minimum absolute atomic E-state index is 0.00828. The molecule has 0 saturated heterocycles. The van der Waals surface area contributed by atoms with Crippen LogP contribution in [0.1, 0.15) is 37.1 Å². The molecule has 21 heavy (non-hydrogen) atoms. The van der Waals surface area contributed by atoms with E-state index in [2.05, 4.69) is 5.32 Å². The van der Waals surface area contributed by atoms with Gasteiger partial charge in [0.25, 0.3) is 0 Å². The fourth-order valence-corrected chi connectivity index (χ4v) is 2.97. The van der Waals surface area contributed by atoms with Gasteiger partial charge in [-0.25, -0.2) is 8.78 Å². The molecule has 0 fully saturated rings. The van der Waals surface area contributed by atoms with Gasteiger partial charge in [0.15, 0.2) is 0 Å². The first kappa shape index (κ1) is 16.2. The second kappa shape index (κ2) is 6.73. The van der Waals surface area contributed by atoms with E-state index in [4.69, 9.17) is 23.2 Å². The summed E-state index contributed by atoms with van der Waals surface area (Å²) in [4.78, 5) is 0. The normalized spacial score (nSPS) is 14.0. The SMILES string of the molecule is CC(N[C@H](C)c1cccc(F)c1)c1c(Cl)ccc(F)c1Cl. The van der Waals surface area contributed by atoms with E-state index in [9.17, 15) is 8.78 Å². The van der Waals surface area contributed by atoms with Crippen LogP contribution in [0.5, 0.6) is 0 Å². The zero-order chi connectivity index (χ0) is 15.6. The van der Waals surface area contributed by atoms with Crippen molar-refractivity contribution in [2.24, 2.45) is 0 Å². The molecule has 0 spiro atoms. The van der Waals surface area contributed by atoms with E-state index in [0.29, 0.717) is 10.6 Å². The first-order valence-corrected chi connectivity index (χ1v) is 7.30. The Morgan fingerprint density at radius 2 is 1.71 bits per heavy atom. The third-order valence-electron chi connectivity index (χ3n) is 3.36. The van der Waals surface area contributed by atoms with E-state index in [-0.39, 0.29) is 22.9 Å². The minimum Gasteiger partial charge on any atom is -0.304 e. The molecule has 0 radical (unpaired) electrons. The molecule has 0 aromatic heterocycles. The van der Waals surface area contributed by atoms with Crippen molar-refractivity contribution in [3.8, 4) is 0 Å². The van der Waals surface area contributed by atoms with E-state index in [0.717, 1.165) is 5.56 Å². The molecule has 1 nitrogen and oxygen atoms in total. The monoisotopic (exact) mass is 329 g/mol. The maximum atomic E-state index is 13.6. The summed E-state index contributed by atoms with van der Waals surface area (Å²) in [6.45, 7) is 3.73. The average molecular weight is 330 g/mol. The van der Waals surface area contributed by atoms with Crippen LogP contribution in [0.2, 0.25) is 10.0 Å². The Morgan fingerprint density at radius 1 is 1.00 bits per heavy atom. The summed E-state index contributed by atoms with van der Waals surface area (Å²) in [6, 6.07) is 8.61. The van der Waals surface area contributed by atoms with Gasteiger partial charge in [0.05, 0.1) is 5.02 Å². The highest BCUT2D eigenvalue weighted by Crippen LogP contribution is 2.33. The van der Waals surface area contributed by atoms with Crippen LogP contribution in [0.3, 0.4) is 0 Å². The summed E-state index contributed by atoms with van der Waals surface area (Å²) in [6.07, 6.45) is 0. The van der Waals surface area contributed by atoms with Gasteiger partial charge < -0.3 is 5.32 Å². The van der Waals surface area contributed by atoms with Crippen LogP contribution in [0.15, 0.2) is 36.4 Å². The summed E-state index contributed by atoms with van der Waals surface area (Å²) in [5.41, 5.74) is 1.30. The molecule has 112 valence electrons. The summed E-state index contributed by atoms with van der Waals surface area (Å²) >= 11 is 12.1. The first-order valence-electron chi connectivity index (χ1n) is 6.55. The lowest BCUT2D eigenvalue weighted by molar-refractivity contribution is 0.489. The van der Waals surface area contributed by atoms with Crippen LogP contribution >= 0.6 is 23.2 Å². The lowest BCUT2D eigenvalue weighted by atomic mass is 10.0. The molecule has 2 rings (SSSR count). The largest absolute Gasteiger partial charge is 0.304 e. The molecule has 0 heterocycles. The molecule has 1 unspecified atom stereocenters. The Kier molecular flexibility index (Phi) is 5.20. The summed E-state index contributed by atoms with van der Waals surface area (Å²) < 4.78 is 26.8. The number of rotatable bonds is 4. The number of hydrogen-bond donors (Lipinski definition) is 1. The number of nitrogens with one attached hydrogen (secondary N) is 1. The molecule has 5 heteroatoms. The van der Waals surface area contributed by atoms with Crippen LogP contribution in [0.25, 0.3) is 0 Å². The highest BCUT2D eigenvalue weighted by Gasteiger charge is 2.19. The predicted molar refractivity (Wildman–Crippen MR) is 82.8 cm³/mol. The fraction of sp³-hybridized carbons (Fsp3) is 0.250. The second-order valence-corrected chi connectivity index (χ2v) is 5.71. The zero-order valence-corrected chi connectivity index (χ0v) is 13.1. The molecule has 2 aromatic carbocycles. The van der Waals surface area contributed by atoms with Crippen molar-refractivity contribution in [3.05, 3.63) is 69.2 Å². The van der Waals surface area contributed by atoms with Crippen molar-refractivity contribution >= 4 is 23.2 Å². The van der Waals surface area contributed by atoms with Crippen LogP contribution in [0.4, 0.5) is 8.78 Å². The van der Waals surface area contributed by atoms with Crippen LogP contribution < -0.4 is 5.32 Å². The van der Waals surface area contributed by atoms with Crippen molar-refractivity contribution in [1.29, 1.82) is 0 Å². The van der Waals surface area contributed by atoms with Gasteiger partial charge in [-0.05, 0) is 43.7 Å². The average Bonchev–Trinajstić information content (AvgIpc) is 2.43. The van der Waals surface area contributed by atoms with E-state index < -0.39 is 5.82 Å².